The maximum atomic E-state index is 12.9. The number of nitrogens with two attached hydrogens (primary N) is 1. The zero-order valence-electron chi connectivity index (χ0n) is 9.58. The smallest absolute Gasteiger partial charge is 0.146 e. The number of rotatable bonds is 3. The average Bonchev–Trinajstić information content (AvgIpc) is 2.34. The molecule has 0 amide bonds. The van der Waals surface area contributed by atoms with Gasteiger partial charge in [0.15, 0.2) is 0 Å². The maximum Gasteiger partial charge on any atom is 0.146 e. The summed E-state index contributed by atoms with van der Waals surface area (Å²) < 4.78 is 19.3. The van der Waals surface area contributed by atoms with Crippen molar-refractivity contribution < 1.29 is 9.13 Å². The van der Waals surface area contributed by atoms with Crippen LogP contribution in [0.5, 0.6) is 11.5 Å². The van der Waals surface area contributed by atoms with Crippen LogP contribution in [-0.2, 0) is 0 Å². The second-order valence-electron chi connectivity index (χ2n) is 3.73. The Morgan fingerprint density at radius 2 is 1.89 bits per heavy atom. The van der Waals surface area contributed by atoms with Gasteiger partial charge < -0.3 is 10.5 Å². The standard InChI is InChI=1S/C13H9BrClFN2O/c14-7-1-3-11(9(5-7)13(17)18)19-12-4-2-8(16)6-10(12)15/h1-6H,(H3,17,18). The highest BCUT2D eigenvalue weighted by Crippen LogP contribution is 2.32. The van der Waals surface area contributed by atoms with E-state index in [0.29, 0.717) is 17.1 Å². The van der Waals surface area contributed by atoms with Crippen molar-refractivity contribution in [2.75, 3.05) is 0 Å². The summed E-state index contributed by atoms with van der Waals surface area (Å²) in [7, 11) is 0. The Kier molecular flexibility index (Phi) is 4.07. The molecule has 0 aromatic heterocycles. The van der Waals surface area contributed by atoms with E-state index in [1.807, 2.05) is 0 Å². The molecule has 2 aromatic carbocycles. The molecule has 0 unspecified atom stereocenters. The van der Waals surface area contributed by atoms with Crippen LogP contribution >= 0.6 is 27.5 Å². The van der Waals surface area contributed by atoms with Gasteiger partial charge in [0.05, 0.1) is 10.6 Å². The van der Waals surface area contributed by atoms with Gasteiger partial charge in [-0.15, -0.1) is 0 Å². The molecule has 2 aromatic rings. The van der Waals surface area contributed by atoms with Gasteiger partial charge in [-0.05, 0) is 36.4 Å². The summed E-state index contributed by atoms with van der Waals surface area (Å²) in [5, 5.41) is 7.66. The Balaban J connectivity index is 2.40. The number of halogens is 3. The normalized spacial score (nSPS) is 10.3. The van der Waals surface area contributed by atoms with Crippen molar-refractivity contribution in [2.45, 2.75) is 0 Å². The Labute approximate surface area is 122 Å². The van der Waals surface area contributed by atoms with Crippen LogP contribution in [0.1, 0.15) is 5.56 Å². The number of benzene rings is 2. The Hall–Kier alpha value is -1.59. The van der Waals surface area contributed by atoms with E-state index in [1.54, 1.807) is 18.2 Å². The molecule has 0 bridgehead atoms. The summed E-state index contributed by atoms with van der Waals surface area (Å²) >= 11 is 9.17. The van der Waals surface area contributed by atoms with E-state index in [4.69, 9.17) is 27.5 Å². The quantitative estimate of drug-likeness (QED) is 0.644. The summed E-state index contributed by atoms with van der Waals surface area (Å²) in [5.41, 5.74) is 5.91. The van der Waals surface area contributed by atoms with Gasteiger partial charge in [-0.2, -0.15) is 0 Å². The van der Waals surface area contributed by atoms with Crippen LogP contribution in [0, 0.1) is 11.2 Å². The van der Waals surface area contributed by atoms with Crippen LogP contribution in [0.25, 0.3) is 0 Å². The van der Waals surface area contributed by atoms with Crippen LogP contribution in [-0.4, -0.2) is 5.84 Å². The summed E-state index contributed by atoms with van der Waals surface area (Å²) in [6.07, 6.45) is 0. The van der Waals surface area contributed by atoms with Crippen LogP contribution in [0.15, 0.2) is 40.9 Å². The van der Waals surface area contributed by atoms with Gasteiger partial charge in [0, 0.05) is 4.47 Å². The molecule has 0 aliphatic heterocycles. The van der Waals surface area contributed by atoms with Gasteiger partial charge in [0.2, 0.25) is 0 Å². The minimum absolute atomic E-state index is 0.130. The van der Waals surface area contributed by atoms with Crippen molar-refractivity contribution in [3.8, 4) is 11.5 Å². The lowest BCUT2D eigenvalue weighted by atomic mass is 10.2. The SMILES string of the molecule is N=C(N)c1cc(Br)ccc1Oc1ccc(F)cc1Cl. The molecule has 98 valence electrons. The fourth-order valence-electron chi connectivity index (χ4n) is 1.48. The number of nitrogen functional groups attached to an aromatic ring is 1. The minimum Gasteiger partial charge on any atom is -0.455 e. The minimum atomic E-state index is -0.444. The van der Waals surface area contributed by atoms with E-state index >= 15 is 0 Å². The fraction of sp³-hybridized carbons (Fsp3) is 0. The predicted molar refractivity (Wildman–Crippen MR) is 76.6 cm³/mol. The zero-order chi connectivity index (χ0) is 14.0. The summed E-state index contributed by atoms with van der Waals surface area (Å²) in [4.78, 5) is 0. The third kappa shape index (κ3) is 3.24. The molecule has 3 nitrogen and oxygen atoms in total. The van der Waals surface area contributed by atoms with Gasteiger partial charge in [-0.1, -0.05) is 27.5 Å². The van der Waals surface area contributed by atoms with Crippen molar-refractivity contribution >= 4 is 33.4 Å². The largest absolute Gasteiger partial charge is 0.455 e. The van der Waals surface area contributed by atoms with Crippen LogP contribution in [0.2, 0.25) is 5.02 Å². The van der Waals surface area contributed by atoms with Gasteiger partial charge in [-0.25, -0.2) is 4.39 Å². The van der Waals surface area contributed by atoms with Crippen LogP contribution in [0.3, 0.4) is 0 Å². The highest BCUT2D eigenvalue weighted by molar-refractivity contribution is 9.10. The first kappa shape index (κ1) is 13.8. The first-order valence-electron chi connectivity index (χ1n) is 5.24. The number of amidine groups is 1. The predicted octanol–water partition coefficient (Wildman–Crippen LogP) is 4.32. The van der Waals surface area contributed by atoms with E-state index in [1.165, 1.54) is 12.1 Å². The van der Waals surface area contributed by atoms with Crippen molar-refractivity contribution in [1.82, 2.24) is 0 Å². The van der Waals surface area contributed by atoms with Crippen molar-refractivity contribution in [1.29, 1.82) is 5.41 Å². The van der Waals surface area contributed by atoms with Gasteiger partial charge in [0.1, 0.15) is 23.2 Å². The highest BCUT2D eigenvalue weighted by atomic mass is 79.9. The topological polar surface area (TPSA) is 59.1 Å². The maximum absolute atomic E-state index is 12.9. The van der Waals surface area contributed by atoms with Gasteiger partial charge in [-0.3, -0.25) is 5.41 Å². The number of hydrogen-bond donors (Lipinski definition) is 2. The Morgan fingerprint density at radius 3 is 2.53 bits per heavy atom. The summed E-state index contributed by atoms with van der Waals surface area (Å²) in [6.45, 7) is 0. The van der Waals surface area contributed by atoms with E-state index in [-0.39, 0.29) is 10.9 Å². The van der Waals surface area contributed by atoms with E-state index in [0.717, 1.165) is 10.5 Å². The second kappa shape index (κ2) is 5.59. The molecule has 2 rings (SSSR count). The molecule has 3 N–H and O–H groups in total. The lowest BCUT2D eigenvalue weighted by Crippen LogP contribution is -2.12. The molecular formula is C13H9BrClFN2O. The third-order valence-electron chi connectivity index (χ3n) is 2.35. The number of nitrogens with one attached hydrogen (secondary N) is 1. The number of hydrogen-bond acceptors (Lipinski definition) is 2. The monoisotopic (exact) mass is 342 g/mol. The molecule has 0 atom stereocenters. The summed E-state index contributed by atoms with van der Waals surface area (Å²) in [6, 6.07) is 8.88. The van der Waals surface area contributed by atoms with E-state index in [9.17, 15) is 4.39 Å². The molecular weight excluding hydrogens is 335 g/mol. The van der Waals surface area contributed by atoms with Crippen molar-refractivity contribution in [3.63, 3.8) is 0 Å². The molecule has 0 fully saturated rings. The molecule has 0 saturated heterocycles. The molecule has 0 saturated carbocycles. The first-order valence-corrected chi connectivity index (χ1v) is 6.41. The molecule has 0 aliphatic carbocycles. The highest BCUT2D eigenvalue weighted by Gasteiger charge is 2.11. The van der Waals surface area contributed by atoms with E-state index in [2.05, 4.69) is 15.9 Å². The average molecular weight is 344 g/mol. The van der Waals surface area contributed by atoms with Crippen molar-refractivity contribution in [3.05, 3.63) is 57.3 Å². The van der Waals surface area contributed by atoms with Gasteiger partial charge >= 0.3 is 0 Å². The Morgan fingerprint density at radius 1 is 1.21 bits per heavy atom. The van der Waals surface area contributed by atoms with Crippen molar-refractivity contribution in [2.24, 2.45) is 5.73 Å². The molecule has 6 heteroatoms. The number of ether oxygens (including phenoxy) is 1. The lowest BCUT2D eigenvalue weighted by Gasteiger charge is -2.11. The first-order chi connectivity index (χ1) is 8.97. The van der Waals surface area contributed by atoms with Crippen LogP contribution in [0.4, 0.5) is 4.39 Å². The molecule has 0 heterocycles. The Bertz CT molecular complexity index is 649. The molecule has 0 aliphatic rings. The third-order valence-corrected chi connectivity index (χ3v) is 3.13. The lowest BCUT2D eigenvalue weighted by molar-refractivity contribution is 0.479. The second-order valence-corrected chi connectivity index (χ2v) is 5.05. The summed E-state index contributed by atoms with van der Waals surface area (Å²) in [5.74, 6) is 0.103. The molecule has 0 radical (unpaired) electrons. The molecule has 19 heavy (non-hydrogen) atoms. The van der Waals surface area contributed by atoms with Crippen LogP contribution < -0.4 is 10.5 Å². The molecule has 0 spiro atoms. The fourth-order valence-corrected chi connectivity index (χ4v) is 2.05. The van der Waals surface area contributed by atoms with Gasteiger partial charge in [0.25, 0.3) is 0 Å². The zero-order valence-corrected chi connectivity index (χ0v) is 11.9. The van der Waals surface area contributed by atoms with E-state index < -0.39 is 5.82 Å².